The van der Waals surface area contributed by atoms with Crippen molar-refractivity contribution >= 4 is 72.4 Å². The molecule has 0 saturated carbocycles. The fourth-order valence-electron chi connectivity index (χ4n) is 11.0. The van der Waals surface area contributed by atoms with Crippen molar-refractivity contribution in [2.24, 2.45) is 0 Å². The number of nitriles is 1. The predicted octanol–water partition coefficient (Wildman–Crippen LogP) is 10.2. The number of aryl methyl sites for hydroxylation is 2. The van der Waals surface area contributed by atoms with Crippen LogP contribution < -0.4 is 20.7 Å². The second-order valence-corrected chi connectivity index (χ2v) is 20.2. The Bertz CT molecular complexity index is 3720. The summed E-state index contributed by atoms with van der Waals surface area (Å²) in [7, 11) is -2.85. The summed E-state index contributed by atoms with van der Waals surface area (Å²) in [6.07, 6.45) is 3.80. The number of hydrogen-bond donors (Lipinski definition) is 0. The predicted molar refractivity (Wildman–Crippen MR) is 252 cm³/mol. The van der Waals surface area contributed by atoms with Crippen molar-refractivity contribution in [1.82, 2.24) is 19.1 Å². The van der Waals surface area contributed by atoms with Crippen LogP contribution >= 0.6 is 0 Å². The van der Waals surface area contributed by atoms with Gasteiger partial charge in [-0.15, -0.1) is 0 Å². The first-order valence-electron chi connectivity index (χ1n) is 20.8. The summed E-state index contributed by atoms with van der Waals surface area (Å²) in [6, 6.07) is 62.5. The molecular weight excluding hydrogens is 759 g/mol. The number of hydrogen-bond acceptors (Lipinski definition) is 3. The van der Waals surface area contributed by atoms with E-state index in [0.29, 0.717) is 5.56 Å². The first-order valence-corrected chi connectivity index (χ1v) is 22.8. The molecule has 0 fully saturated rings. The maximum atomic E-state index is 11.3. The zero-order valence-corrected chi connectivity index (χ0v) is 34.5. The van der Waals surface area contributed by atoms with Gasteiger partial charge in [0, 0.05) is 39.5 Å². The summed E-state index contributed by atoms with van der Waals surface area (Å²) in [5, 5.41) is 21.3. The number of rotatable bonds is 3. The topological polar surface area (TPSA) is 59.4 Å². The Kier molecular flexibility index (Phi) is 6.89. The lowest BCUT2D eigenvalue weighted by molar-refractivity contribution is 1.13. The van der Waals surface area contributed by atoms with Crippen molar-refractivity contribution in [3.8, 4) is 51.1 Å². The van der Waals surface area contributed by atoms with Gasteiger partial charge in [0.05, 0.1) is 50.4 Å². The van der Waals surface area contributed by atoms with Gasteiger partial charge in [-0.05, 0) is 112 Å². The van der Waals surface area contributed by atoms with Crippen LogP contribution in [-0.2, 0) is 0 Å². The van der Waals surface area contributed by atoms with Gasteiger partial charge in [-0.1, -0.05) is 114 Å². The average molecular weight is 794 g/mol. The van der Waals surface area contributed by atoms with Crippen molar-refractivity contribution in [2.45, 2.75) is 13.8 Å². The standard InChI is InChI=1S/C55H35N5Si/c1-33-22-24-45-40(28-33)36-12-3-6-16-43(36)59(45)47-31-42(48(30-35(47)32-56)60-44-17-7-4-13-37(44)41-29-34(2)23-25-46(41)60)38-15-9-19-50-53(38)39-14-5-8-18-49(39)61(50)51-20-10-26-57-54(51)55-52(61)21-11-27-58-55/h3-31H,1-2H3. The minimum Gasteiger partial charge on any atom is -0.309 e. The SMILES string of the molecule is Cc1ccc2c(c1)c1ccccc1n2-c1cc(-c2cccc3c2-c2ccccc2[Si]32c3cccnc3-c3ncccc32)c(-n2c3ccccc3c3cc(C)ccc32)cc1C#N. The fourth-order valence-corrected chi connectivity index (χ4v) is 16.5. The van der Waals surface area contributed by atoms with Gasteiger partial charge in [0.1, 0.15) is 6.07 Å². The molecule has 6 heterocycles. The highest BCUT2D eigenvalue weighted by Gasteiger charge is 2.55. The zero-order valence-electron chi connectivity index (χ0n) is 33.5. The van der Waals surface area contributed by atoms with Crippen LogP contribution in [0.2, 0.25) is 0 Å². The Morgan fingerprint density at radius 3 is 1.61 bits per heavy atom. The Morgan fingerprint density at radius 2 is 0.967 bits per heavy atom. The van der Waals surface area contributed by atoms with E-state index in [2.05, 4.69) is 193 Å². The summed E-state index contributed by atoms with van der Waals surface area (Å²) in [4.78, 5) is 10.0. The molecule has 284 valence electrons. The van der Waals surface area contributed by atoms with Gasteiger partial charge < -0.3 is 9.13 Å². The Labute approximate surface area is 353 Å². The molecule has 0 bridgehead atoms. The molecule has 13 rings (SSSR count). The molecule has 2 aliphatic rings. The molecule has 0 N–H and O–H groups in total. The normalized spacial score (nSPS) is 13.2. The van der Waals surface area contributed by atoms with Crippen LogP contribution in [0.1, 0.15) is 16.7 Å². The van der Waals surface area contributed by atoms with E-state index in [-0.39, 0.29) is 0 Å². The van der Waals surface area contributed by atoms with Gasteiger partial charge in [-0.3, -0.25) is 9.97 Å². The molecule has 0 aliphatic carbocycles. The van der Waals surface area contributed by atoms with Crippen molar-refractivity contribution in [2.75, 3.05) is 0 Å². The first-order chi connectivity index (χ1) is 30.1. The lowest BCUT2D eigenvalue weighted by Crippen LogP contribution is -2.70. The molecule has 0 saturated heterocycles. The monoisotopic (exact) mass is 793 g/mol. The first kappa shape index (κ1) is 34.1. The second-order valence-electron chi connectivity index (χ2n) is 16.6. The van der Waals surface area contributed by atoms with E-state index in [4.69, 9.17) is 9.97 Å². The van der Waals surface area contributed by atoms with Gasteiger partial charge in [-0.25, -0.2) is 0 Å². The van der Waals surface area contributed by atoms with Crippen LogP contribution in [-0.4, -0.2) is 27.2 Å². The highest BCUT2D eigenvalue weighted by molar-refractivity contribution is 7.24. The molecule has 6 heteroatoms. The van der Waals surface area contributed by atoms with E-state index in [1.807, 2.05) is 12.4 Å². The number of para-hydroxylation sites is 2. The van der Waals surface area contributed by atoms with Gasteiger partial charge in [0.25, 0.3) is 0 Å². The summed E-state index contributed by atoms with van der Waals surface area (Å²) in [5.41, 5.74) is 15.8. The van der Waals surface area contributed by atoms with Gasteiger partial charge in [-0.2, -0.15) is 5.26 Å². The molecule has 1 spiro atoms. The van der Waals surface area contributed by atoms with E-state index >= 15 is 0 Å². The smallest absolute Gasteiger partial charge is 0.185 e. The molecule has 0 unspecified atom stereocenters. The third kappa shape index (κ3) is 4.37. The summed E-state index contributed by atoms with van der Waals surface area (Å²) < 4.78 is 4.69. The summed E-state index contributed by atoms with van der Waals surface area (Å²) in [5.74, 6) is 0. The largest absolute Gasteiger partial charge is 0.309 e. The van der Waals surface area contributed by atoms with Crippen molar-refractivity contribution in [1.29, 1.82) is 5.26 Å². The molecule has 7 aromatic carbocycles. The highest BCUT2D eigenvalue weighted by atomic mass is 28.3. The molecule has 11 aromatic rings. The van der Waals surface area contributed by atoms with Crippen LogP contribution in [0, 0.1) is 25.2 Å². The fraction of sp³-hybridized carbons (Fsp3) is 0.0364. The van der Waals surface area contributed by atoms with E-state index in [1.54, 1.807) is 0 Å². The van der Waals surface area contributed by atoms with E-state index in [0.717, 1.165) is 61.3 Å². The minimum absolute atomic E-state index is 0.606. The molecule has 0 atom stereocenters. The number of fused-ring (bicyclic) bond motifs is 16. The second kappa shape index (κ2) is 12.3. The van der Waals surface area contributed by atoms with E-state index in [9.17, 15) is 5.26 Å². The summed E-state index contributed by atoms with van der Waals surface area (Å²) >= 11 is 0. The molecule has 5 nitrogen and oxygen atoms in total. The van der Waals surface area contributed by atoms with E-state index < -0.39 is 8.07 Å². The molecule has 0 amide bonds. The molecule has 61 heavy (non-hydrogen) atoms. The maximum absolute atomic E-state index is 11.3. The average Bonchev–Trinajstić information content (AvgIpc) is 4.00. The highest BCUT2D eigenvalue weighted by Crippen LogP contribution is 2.45. The molecule has 4 aromatic heterocycles. The molecular formula is C55H35N5Si. The van der Waals surface area contributed by atoms with Crippen molar-refractivity contribution < 1.29 is 0 Å². The van der Waals surface area contributed by atoms with E-state index in [1.165, 1.54) is 59.2 Å². The van der Waals surface area contributed by atoms with Gasteiger partial charge in [0.15, 0.2) is 8.07 Å². The number of aromatic nitrogens is 4. The zero-order chi connectivity index (χ0) is 40.6. The third-order valence-corrected chi connectivity index (χ3v) is 18.3. The van der Waals surface area contributed by atoms with Crippen LogP contribution in [0.5, 0.6) is 0 Å². The minimum atomic E-state index is -2.85. The third-order valence-electron chi connectivity index (χ3n) is 13.4. The summed E-state index contributed by atoms with van der Waals surface area (Å²) in [6.45, 7) is 4.30. The number of nitrogens with zero attached hydrogens (tertiary/aromatic N) is 5. The molecule has 0 radical (unpaired) electrons. The van der Waals surface area contributed by atoms with Crippen LogP contribution in [0.15, 0.2) is 176 Å². The molecule has 2 aliphatic heterocycles. The maximum Gasteiger partial charge on any atom is 0.185 e. The van der Waals surface area contributed by atoms with Gasteiger partial charge >= 0.3 is 0 Å². The Balaban J connectivity index is 1.20. The Morgan fingerprint density at radius 1 is 0.443 bits per heavy atom. The lowest BCUT2D eigenvalue weighted by Gasteiger charge is -2.27. The van der Waals surface area contributed by atoms with Crippen LogP contribution in [0.4, 0.5) is 0 Å². The van der Waals surface area contributed by atoms with Gasteiger partial charge in [0.2, 0.25) is 0 Å². The van der Waals surface area contributed by atoms with Crippen LogP contribution in [0.25, 0.3) is 88.6 Å². The lowest BCUT2D eigenvalue weighted by atomic mass is 9.92. The number of benzene rings is 7. The quantitative estimate of drug-likeness (QED) is 0.167. The number of pyridine rings is 2. The van der Waals surface area contributed by atoms with Crippen molar-refractivity contribution in [3.63, 3.8) is 0 Å². The van der Waals surface area contributed by atoms with Crippen molar-refractivity contribution in [3.05, 3.63) is 193 Å². The Hall–Kier alpha value is -7.85. The van der Waals surface area contributed by atoms with Crippen LogP contribution in [0.3, 0.4) is 0 Å².